The average Bonchev–Trinajstić information content (AvgIpc) is 3.40. The number of piperazine rings is 1. The third kappa shape index (κ3) is 7.75. The summed E-state index contributed by atoms with van der Waals surface area (Å²) in [7, 11) is 0. The van der Waals surface area contributed by atoms with E-state index in [1.807, 2.05) is 13.0 Å². The number of carboxylic acids is 2. The molecule has 1 saturated heterocycles. The number of thiophene rings is 1. The molecule has 1 aliphatic heterocycles. The number of aromatic nitrogens is 4. The third-order valence-electron chi connectivity index (χ3n) is 4.35. The molecule has 6 N–H and O–H groups in total. The number of carboxylic acid groups (broad SMARTS) is 2. The van der Waals surface area contributed by atoms with Crippen molar-refractivity contribution in [2.24, 2.45) is 0 Å². The van der Waals surface area contributed by atoms with Gasteiger partial charge in [0.1, 0.15) is 10.5 Å². The lowest BCUT2D eigenvalue weighted by atomic mass is 10.2. The Kier molecular flexibility index (Phi) is 9.16. The molecule has 3 aromatic heterocycles. The van der Waals surface area contributed by atoms with Crippen molar-refractivity contribution in [1.82, 2.24) is 30.8 Å². The standard InChI is InChI=1S/C14H16N6OS.2C2HF3O2/c1-7-8(5-17-20-7)11-4-9-12(22-11)14(21)19-13(18-9)10-6-15-2-3-16-10;2*3-2(4,5)1(6)7/h4-5,10,15-16H,2-3,6H2,1H3,(H,17,20)(H,18,19,21);2*(H,6,7). The molecule has 0 bridgehead atoms. The second-order valence-corrected chi connectivity index (χ2v) is 8.05. The molecule has 3 aromatic rings. The number of aromatic amines is 2. The van der Waals surface area contributed by atoms with E-state index in [0.717, 1.165) is 41.3 Å². The lowest BCUT2D eigenvalue weighted by Crippen LogP contribution is -2.43. The molecular formula is C18H18F6N6O5S. The van der Waals surface area contributed by atoms with E-state index in [0.29, 0.717) is 10.5 Å². The highest BCUT2D eigenvalue weighted by Gasteiger charge is 2.38. The minimum atomic E-state index is -5.08. The maximum Gasteiger partial charge on any atom is 0.490 e. The number of aliphatic carboxylic acids is 2. The Labute approximate surface area is 200 Å². The monoisotopic (exact) mass is 544 g/mol. The Balaban J connectivity index is 0.000000271. The summed E-state index contributed by atoms with van der Waals surface area (Å²) >= 11 is 1.45. The molecule has 0 aromatic carbocycles. The first kappa shape index (κ1) is 28.7. The van der Waals surface area contributed by atoms with Gasteiger partial charge in [-0.2, -0.15) is 31.4 Å². The molecule has 18 heteroatoms. The molecule has 0 aliphatic carbocycles. The number of fused-ring (bicyclic) bond motifs is 1. The van der Waals surface area contributed by atoms with Gasteiger partial charge in [-0.05, 0) is 13.0 Å². The molecule has 36 heavy (non-hydrogen) atoms. The first-order valence-electron chi connectivity index (χ1n) is 9.69. The van der Waals surface area contributed by atoms with Crippen LogP contribution in [0.15, 0.2) is 17.1 Å². The van der Waals surface area contributed by atoms with Crippen molar-refractivity contribution in [3.8, 4) is 10.4 Å². The van der Waals surface area contributed by atoms with Gasteiger partial charge >= 0.3 is 24.3 Å². The lowest BCUT2D eigenvalue weighted by Gasteiger charge is -2.23. The van der Waals surface area contributed by atoms with Gasteiger partial charge in [0, 0.05) is 35.8 Å². The highest BCUT2D eigenvalue weighted by molar-refractivity contribution is 7.22. The van der Waals surface area contributed by atoms with Crippen LogP contribution in [-0.2, 0) is 9.59 Å². The predicted molar refractivity (Wildman–Crippen MR) is 114 cm³/mol. The number of alkyl halides is 6. The number of H-pyrrole nitrogens is 2. The van der Waals surface area contributed by atoms with E-state index in [4.69, 9.17) is 19.8 Å². The van der Waals surface area contributed by atoms with Crippen molar-refractivity contribution in [1.29, 1.82) is 0 Å². The van der Waals surface area contributed by atoms with Crippen LogP contribution in [0.1, 0.15) is 17.6 Å². The summed E-state index contributed by atoms with van der Waals surface area (Å²) in [5.41, 5.74) is 2.67. The van der Waals surface area contributed by atoms with Gasteiger partial charge < -0.3 is 25.8 Å². The molecule has 0 amide bonds. The fourth-order valence-corrected chi connectivity index (χ4v) is 3.76. The molecule has 11 nitrogen and oxygen atoms in total. The summed E-state index contributed by atoms with van der Waals surface area (Å²) in [6.45, 7) is 4.54. The number of aryl methyl sites for hydroxylation is 1. The van der Waals surface area contributed by atoms with E-state index >= 15 is 0 Å². The van der Waals surface area contributed by atoms with Gasteiger partial charge in [-0.15, -0.1) is 11.3 Å². The van der Waals surface area contributed by atoms with E-state index in [1.165, 1.54) is 11.3 Å². The molecular weight excluding hydrogens is 526 g/mol. The summed E-state index contributed by atoms with van der Waals surface area (Å²) < 4.78 is 64.1. The Hall–Kier alpha value is -3.51. The van der Waals surface area contributed by atoms with Crippen LogP contribution in [0.5, 0.6) is 0 Å². The summed E-state index contributed by atoms with van der Waals surface area (Å²) in [6.07, 6.45) is -8.39. The minimum absolute atomic E-state index is 0.0462. The molecule has 1 atom stereocenters. The fraction of sp³-hybridized carbons (Fsp3) is 0.389. The van der Waals surface area contributed by atoms with Crippen LogP contribution in [-0.4, -0.2) is 74.3 Å². The topological polar surface area (TPSA) is 173 Å². The van der Waals surface area contributed by atoms with Crippen LogP contribution in [0, 0.1) is 6.92 Å². The van der Waals surface area contributed by atoms with Gasteiger partial charge in [0.15, 0.2) is 0 Å². The molecule has 1 fully saturated rings. The number of halogens is 6. The average molecular weight is 544 g/mol. The molecule has 1 aliphatic rings. The van der Waals surface area contributed by atoms with E-state index < -0.39 is 24.3 Å². The molecule has 4 rings (SSSR count). The second kappa shape index (κ2) is 11.5. The predicted octanol–water partition coefficient (Wildman–Crippen LogP) is 2.18. The van der Waals surface area contributed by atoms with Gasteiger partial charge in [0.2, 0.25) is 0 Å². The van der Waals surface area contributed by atoms with Gasteiger partial charge in [-0.1, -0.05) is 0 Å². The van der Waals surface area contributed by atoms with Crippen molar-refractivity contribution in [3.63, 3.8) is 0 Å². The third-order valence-corrected chi connectivity index (χ3v) is 5.51. The lowest BCUT2D eigenvalue weighted by molar-refractivity contribution is -0.193. The van der Waals surface area contributed by atoms with E-state index in [9.17, 15) is 31.1 Å². The smallest absolute Gasteiger partial charge is 0.475 e. The fourth-order valence-electron chi connectivity index (χ4n) is 2.70. The van der Waals surface area contributed by atoms with Crippen LogP contribution >= 0.6 is 11.3 Å². The molecule has 198 valence electrons. The first-order valence-corrected chi connectivity index (χ1v) is 10.5. The zero-order valence-corrected chi connectivity index (χ0v) is 18.9. The van der Waals surface area contributed by atoms with Crippen LogP contribution in [0.4, 0.5) is 26.3 Å². The Morgan fingerprint density at radius 2 is 1.67 bits per heavy atom. The number of hydrogen-bond donors (Lipinski definition) is 6. The maximum absolute atomic E-state index is 12.4. The van der Waals surface area contributed by atoms with Crippen molar-refractivity contribution >= 4 is 33.5 Å². The molecule has 4 heterocycles. The van der Waals surface area contributed by atoms with Crippen LogP contribution in [0.2, 0.25) is 0 Å². The molecule has 0 saturated carbocycles. The summed E-state index contributed by atoms with van der Waals surface area (Å²) in [6, 6.07) is 2.01. The van der Waals surface area contributed by atoms with Gasteiger partial charge in [0.25, 0.3) is 5.56 Å². The summed E-state index contributed by atoms with van der Waals surface area (Å²) in [4.78, 5) is 38.7. The van der Waals surface area contributed by atoms with Gasteiger partial charge in [-0.3, -0.25) is 9.89 Å². The zero-order chi connectivity index (χ0) is 27.3. The number of nitrogens with one attached hydrogen (secondary N) is 4. The largest absolute Gasteiger partial charge is 0.490 e. The Morgan fingerprint density at radius 1 is 1.08 bits per heavy atom. The maximum atomic E-state index is 12.4. The minimum Gasteiger partial charge on any atom is -0.475 e. The molecule has 1 unspecified atom stereocenters. The van der Waals surface area contributed by atoms with E-state index in [2.05, 4.69) is 30.8 Å². The second-order valence-electron chi connectivity index (χ2n) is 7.00. The normalized spacial score (nSPS) is 15.9. The van der Waals surface area contributed by atoms with E-state index in [-0.39, 0.29) is 11.6 Å². The van der Waals surface area contributed by atoms with Crippen molar-refractivity contribution < 1.29 is 46.1 Å². The van der Waals surface area contributed by atoms with Gasteiger partial charge in [0.05, 0.1) is 17.8 Å². The SMILES string of the molecule is Cc1[nH]ncc1-c1cc2nc(C3CNCCN3)[nH]c(=O)c2s1.O=C(O)C(F)(F)F.O=C(O)C(F)(F)F. The van der Waals surface area contributed by atoms with Crippen LogP contribution in [0.3, 0.4) is 0 Å². The summed E-state index contributed by atoms with van der Waals surface area (Å²) in [5.74, 6) is -4.82. The van der Waals surface area contributed by atoms with E-state index in [1.54, 1.807) is 6.20 Å². The quantitative estimate of drug-likeness (QED) is 0.264. The highest BCUT2D eigenvalue weighted by atomic mass is 32.1. The molecule has 0 spiro atoms. The zero-order valence-electron chi connectivity index (χ0n) is 18.0. The van der Waals surface area contributed by atoms with Crippen molar-refractivity contribution in [3.05, 3.63) is 34.1 Å². The van der Waals surface area contributed by atoms with Gasteiger partial charge in [-0.25, -0.2) is 14.6 Å². The number of carbonyl (C=O) groups is 2. The number of nitrogens with zero attached hydrogens (tertiary/aromatic N) is 2. The number of hydrogen-bond acceptors (Lipinski definition) is 8. The highest BCUT2D eigenvalue weighted by Crippen LogP contribution is 2.32. The first-order chi connectivity index (χ1) is 16.6. The van der Waals surface area contributed by atoms with Crippen LogP contribution < -0.4 is 16.2 Å². The molecule has 0 radical (unpaired) electrons. The Morgan fingerprint density at radius 3 is 2.11 bits per heavy atom. The van der Waals surface area contributed by atoms with Crippen LogP contribution in [0.25, 0.3) is 20.7 Å². The van der Waals surface area contributed by atoms with Crippen molar-refractivity contribution in [2.75, 3.05) is 19.6 Å². The van der Waals surface area contributed by atoms with Crippen molar-refractivity contribution in [2.45, 2.75) is 25.3 Å². The summed E-state index contributed by atoms with van der Waals surface area (Å²) in [5, 5.41) is 27.9. The Bertz CT molecular complexity index is 1240. The number of rotatable bonds is 2.